The van der Waals surface area contributed by atoms with Crippen LogP contribution in [-0.2, 0) is 18.9 Å². The zero-order valence-electron chi connectivity index (χ0n) is 15.6. The van der Waals surface area contributed by atoms with Gasteiger partial charge >= 0.3 is 11.9 Å². The van der Waals surface area contributed by atoms with Gasteiger partial charge in [-0.2, -0.15) is 0 Å². The van der Waals surface area contributed by atoms with Crippen molar-refractivity contribution in [2.75, 3.05) is 33.0 Å². The molecular formula is C19H27IO6. The van der Waals surface area contributed by atoms with Crippen LogP contribution in [0, 0.1) is 3.57 Å². The number of benzene rings is 1. The molecule has 146 valence electrons. The average molecular weight is 478 g/mol. The van der Waals surface area contributed by atoms with E-state index in [1.54, 1.807) is 12.1 Å². The fourth-order valence-electron chi connectivity index (χ4n) is 2.05. The molecule has 1 aromatic carbocycles. The first-order valence-corrected chi connectivity index (χ1v) is 9.93. The molecule has 26 heavy (non-hydrogen) atoms. The molecule has 1 rings (SSSR count). The minimum Gasteiger partial charge on any atom is -0.462 e. The molecule has 0 N–H and O–H groups in total. The van der Waals surface area contributed by atoms with Crippen molar-refractivity contribution in [2.45, 2.75) is 39.7 Å². The van der Waals surface area contributed by atoms with Crippen molar-refractivity contribution in [1.29, 1.82) is 0 Å². The SMILES string of the molecule is CCCCOC(=O)c1cc(I)cc(C(=O)OC(COCC)COCC)c1. The maximum Gasteiger partial charge on any atom is 0.338 e. The third-order valence-corrected chi connectivity index (χ3v) is 4.01. The quantitative estimate of drug-likeness (QED) is 0.258. The summed E-state index contributed by atoms with van der Waals surface area (Å²) in [4.78, 5) is 24.6. The van der Waals surface area contributed by atoms with E-state index in [0.29, 0.717) is 30.9 Å². The lowest BCUT2D eigenvalue weighted by Gasteiger charge is -2.18. The van der Waals surface area contributed by atoms with Gasteiger partial charge in [-0.1, -0.05) is 13.3 Å². The van der Waals surface area contributed by atoms with Crippen LogP contribution in [0.2, 0.25) is 0 Å². The molecule has 1 aromatic rings. The van der Waals surface area contributed by atoms with E-state index in [1.165, 1.54) is 6.07 Å². The average Bonchev–Trinajstić information content (AvgIpc) is 2.63. The zero-order chi connectivity index (χ0) is 19.4. The van der Waals surface area contributed by atoms with Gasteiger partial charge in [0.25, 0.3) is 0 Å². The van der Waals surface area contributed by atoms with E-state index in [4.69, 9.17) is 18.9 Å². The van der Waals surface area contributed by atoms with Crippen molar-refractivity contribution in [2.24, 2.45) is 0 Å². The Bertz CT molecular complexity index is 567. The van der Waals surface area contributed by atoms with Gasteiger partial charge in [0.1, 0.15) is 6.10 Å². The molecule has 0 aromatic heterocycles. The number of esters is 2. The molecule has 0 fully saturated rings. The van der Waals surface area contributed by atoms with Gasteiger partial charge in [-0.25, -0.2) is 9.59 Å². The number of hydrogen-bond acceptors (Lipinski definition) is 6. The van der Waals surface area contributed by atoms with Crippen LogP contribution < -0.4 is 0 Å². The van der Waals surface area contributed by atoms with E-state index >= 15 is 0 Å². The molecule has 0 radical (unpaired) electrons. The first kappa shape index (κ1) is 22.9. The second-order valence-electron chi connectivity index (χ2n) is 5.56. The summed E-state index contributed by atoms with van der Waals surface area (Å²) in [5.74, 6) is -0.957. The Balaban J connectivity index is 2.81. The Morgan fingerprint density at radius 3 is 2.08 bits per heavy atom. The molecule has 0 unspecified atom stereocenters. The van der Waals surface area contributed by atoms with Gasteiger partial charge < -0.3 is 18.9 Å². The molecule has 0 aliphatic carbocycles. The third-order valence-electron chi connectivity index (χ3n) is 3.39. The number of halogens is 1. The number of carbonyl (C=O) groups excluding carboxylic acids is 2. The Morgan fingerprint density at radius 1 is 0.962 bits per heavy atom. The van der Waals surface area contributed by atoms with Gasteiger partial charge in [0.15, 0.2) is 0 Å². The third kappa shape index (κ3) is 8.46. The molecule has 0 saturated carbocycles. The number of carbonyl (C=O) groups is 2. The van der Waals surface area contributed by atoms with Crippen LogP contribution in [0.4, 0.5) is 0 Å². The lowest BCUT2D eigenvalue weighted by molar-refractivity contribution is -0.0363. The van der Waals surface area contributed by atoms with Crippen molar-refractivity contribution >= 4 is 34.5 Å². The number of ether oxygens (including phenoxy) is 4. The molecule has 0 aliphatic heterocycles. The second kappa shape index (κ2) is 13.1. The van der Waals surface area contributed by atoms with Gasteiger partial charge in [0, 0.05) is 16.8 Å². The summed E-state index contributed by atoms with van der Waals surface area (Å²) in [5, 5.41) is 0. The van der Waals surface area contributed by atoms with Crippen LogP contribution in [0.15, 0.2) is 18.2 Å². The molecular weight excluding hydrogens is 451 g/mol. The summed E-state index contributed by atoms with van der Waals surface area (Å²) in [6.45, 7) is 7.70. The number of unbranched alkanes of at least 4 members (excludes halogenated alkanes) is 1. The summed E-state index contributed by atoms with van der Waals surface area (Å²) in [5.41, 5.74) is 0.642. The summed E-state index contributed by atoms with van der Waals surface area (Å²) < 4.78 is 22.1. The van der Waals surface area contributed by atoms with E-state index in [1.807, 2.05) is 20.8 Å². The first-order valence-electron chi connectivity index (χ1n) is 8.85. The monoisotopic (exact) mass is 478 g/mol. The molecule has 0 saturated heterocycles. The Kier molecular flexibility index (Phi) is 11.5. The molecule has 6 nitrogen and oxygen atoms in total. The van der Waals surface area contributed by atoms with Crippen molar-refractivity contribution in [1.82, 2.24) is 0 Å². The summed E-state index contributed by atoms with van der Waals surface area (Å²) >= 11 is 2.06. The standard InChI is InChI=1S/C19H27IO6/c1-4-7-8-25-18(21)14-9-15(11-16(20)10-14)19(22)26-17(12-23-5-2)13-24-6-3/h9-11,17H,4-8,12-13H2,1-3H3. The highest BCUT2D eigenvalue weighted by Gasteiger charge is 2.19. The normalized spacial score (nSPS) is 10.8. The minimum absolute atomic E-state index is 0.262. The van der Waals surface area contributed by atoms with Crippen LogP contribution in [0.1, 0.15) is 54.3 Å². The highest BCUT2D eigenvalue weighted by molar-refractivity contribution is 14.1. The molecule has 0 atom stereocenters. The molecule has 0 spiro atoms. The minimum atomic E-state index is -0.518. The van der Waals surface area contributed by atoms with E-state index < -0.39 is 18.0 Å². The maximum absolute atomic E-state index is 12.5. The van der Waals surface area contributed by atoms with Crippen LogP contribution in [-0.4, -0.2) is 51.1 Å². The summed E-state index contributed by atoms with van der Waals surface area (Å²) in [7, 11) is 0. The van der Waals surface area contributed by atoms with Gasteiger partial charge in [-0.05, 0) is 61.1 Å². The number of hydrogen-bond donors (Lipinski definition) is 0. The van der Waals surface area contributed by atoms with Crippen molar-refractivity contribution in [3.8, 4) is 0 Å². The van der Waals surface area contributed by atoms with Crippen molar-refractivity contribution in [3.63, 3.8) is 0 Å². The van der Waals surface area contributed by atoms with Crippen LogP contribution in [0.5, 0.6) is 0 Å². The van der Waals surface area contributed by atoms with Crippen LogP contribution in [0.25, 0.3) is 0 Å². The zero-order valence-corrected chi connectivity index (χ0v) is 17.7. The Morgan fingerprint density at radius 2 is 1.54 bits per heavy atom. The van der Waals surface area contributed by atoms with E-state index in [0.717, 1.165) is 16.4 Å². The fourth-order valence-corrected chi connectivity index (χ4v) is 2.72. The van der Waals surface area contributed by atoms with Crippen LogP contribution in [0.3, 0.4) is 0 Å². The highest BCUT2D eigenvalue weighted by atomic mass is 127. The lowest BCUT2D eigenvalue weighted by Crippen LogP contribution is -2.29. The van der Waals surface area contributed by atoms with Crippen molar-refractivity contribution < 1.29 is 28.5 Å². The molecule has 0 heterocycles. The Labute approximate surface area is 168 Å². The van der Waals surface area contributed by atoms with Crippen LogP contribution >= 0.6 is 22.6 Å². The van der Waals surface area contributed by atoms with Gasteiger partial charge in [-0.15, -0.1) is 0 Å². The topological polar surface area (TPSA) is 71.1 Å². The van der Waals surface area contributed by atoms with Gasteiger partial charge in [-0.3, -0.25) is 0 Å². The highest BCUT2D eigenvalue weighted by Crippen LogP contribution is 2.16. The van der Waals surface area contributed by atoms with Gasteiger partial charge in [0.05, 0.1) is 30.9 Å². The van der Waals surface area contributed by atoms with Crippen molar-refractivity contribution in [3.05, 3.63) is 32.9 Å². The predicted molar refractivity (Wildman–Crippen MR) is 107 cm³/mol. The summed E-state index contributed by atoms with van der Waals surface area (Å²) in [6, 6.07) is 4.85. The second-order valence-corrected chi connectivity index (χ2v) is 6.81. The molecule has 0 bridgehead atoms. The van der Waals surface area contributed by atoms with E-state index in [-0.39, 0.29) is 13.2 Å². The summed E-state index contributed by atoms with van der Waals surface area (Å²) in [6.07, 6.45) is 1.25. The first-order chi connectivity index (χ1) is 12.5. The largest absolute Gasteiger partial charge is 0.462 e. The maximum atomic E-state index is 12.5. The van der Waals surface area contributed by atoms with E-state index in [9.17, 15) is 9.59 Å². The Hall–Kier alpha value is -1.19. The number of rotatable bonds is 12. The van der Waals surface area contributed by atoms with E-state index in [2.05, 4.69) is 22.6 Å². The fraction of sp³-hybridized carbons (Fsp3) is 0.579. The smallest absolute Gasteiger partial charge is 0.338 e. The predicted octanol–water partition coefficient (Wildman–Crippen LogP) is 3.85. The van der Waals surface area contributed by atoms with Gasteiger partial charge in [0.2, 0.25) is 0 Å². The molecule has 7 heteroatoms. The molecule has 0 aliphatic rings. The lowest BCUT2D eigenvalue weighted by atomic mass is 10.1. The molecule has 0 amide bonds.